The molecule has 0 aromatic heterocycles. The Morgan fingerprint density at radius 3 is 2.30 bits per heavy atom. The molecule has 0 bridgehead atoms. The summed E-state index contributed by atoms with van der Waals surface area (Å²) < 4.78 is 23.2. The van der Waals surface area contributed by atoms with E-state index in [0.29, 0.717) is 5.56 Å². The first-order chi connectivity index (χ1) is 9.52. The predicted molar refractivity (Wildman–Crippen MR) is 65.0 cm³/mol. The number of benzene rings is 1. The lowest BCUT2D eigenvalue weighted by Crippen LogP contribution is -2.59. The maximum absolute atomic E-state index is 12.7. The number of aliphatic hydroxyl groups is 4. The fourth-order valence-electron chi connectivity index (χ4n) is 1.96. The summed E-state index contributed by atoms with van der Waals surface area (Å²) >= 11 is 0. The molecule has 2 rings (SSSR count). The van der Waals surface area contributed by atoms with E-state index in [2.05, 4.69) is 0 Å². The quantitative estimate of drug-likeness (QED) is 0.575. The molecule has 0 spiro atoms. The number of hydrogen-bond donors (Lipinski definition) is 4. The van der Waals surface area contributed by atoms with Gasteiger partial charge in [0.15, 0.2) is 6.29 Å². The lowest BCUT2D eigenvalue weighted by molar-refractivity contribution is -0.304. The molecule has 1 aromatic rings. The third kappa shape index (κ3) is 3.32. The van der Waals surface area contributed by atoms with Crippen molar-refractivity contribution in [2.75, 3.05) is 6.61 Å². The minimum absolute atomic E-state index is 0.0307. The highest BCUT2D eigenvalue weighted by Gasteiger charge is 2.43. The topological polar surface area (TPSA) is 99.4 Å². The zero-order chi connectivity index (χ0) is 14.7. The lowest BCUT2D eigenvalue weighted by atomic mass is 9.99. The molecule has 0 unspecified atom stereocenters. The summed E-state index contributed by atoms with van der Waals surface area (Å²) in [5.41, 5.74) is 0.656. The van der Waals surface area contributed by atoms with Gasteiger partial charge in [0.2, 0.25) is 0 Å². The Morgan fingerprint density at radius 1 is 1.05 bits per heavy atom. The summed E-state index contributed by atoms with van der Waals surface area (Å²) in [5.74, 6) is -0.374. The van der Waals surface area contributed by atoms with Crippen LogP contribution in [-0.2, 0) is 16.1 Å². The van der Waals surface area contributed by atoms with E-state index in [-0.39, 0.29) is 12.4 Å². The van der Waals surface area contributed by atoms with Gasteiger partial charge in [-0.25, -0.2) is 4.39 Å². The summed E-state index contributed by atoms with van der Waals surface area (Å²) in [6.07, 6.45) is -6.52. The molecular weight excluding hydrogens is 271 g/mol. The lowest BCUT2D eigenvalue weighted by Gasteiger charge is -2.39. The third-order valence-electron chi connectivity index (χ3n) is 3.18. The van der Waals surface area contributed by atoms with Crippen LogP contribution in [0.15, 0.2) is 24.3 Å². The van der Waals surface area contributed by atoms with Crippen LogP contribution >= 0.6 is 0 Å². The molecule has 1 aliphatic rings. The maximum Gasteiger partial charge on any atom is 0.187 e. The van der Waals surface area contributed by atoms with Crippen LogP contribution in [0.25, 0.3) is 0 Å². The van der Waals surface area contributed by atoms with Crippen LogP contribution in [0.4, 0.5) is 4.39 Å². The fourth-order valence-corrected chi connectivity index (χ4v) is 1.96. The van der Waals surface area contributed by atoms with Gasteiger partial charge in [-0.05, 0) is 17.7 Å². The average Bonchev–Trinajstić information content (AvgIpc) is 2.46. The molecule has 1 heterocycles. The molecule has 20 heavy (non-hydrogen) atoms. The van der Waals surface area contributed by atoms with Crippen molar-refractivity contribution < 1.29 is 34.3 Å². The molecular formula is C13H17FO6. The van der Waals surface area contributed by atoms with Gasteiger partial charge in [-0.1, -0.05) is 12.1 Å². The van der Waals surface area contributed by atoms with Crippen molar-refractivity contribution in [2.45, 2.75) is 37.3 Å². The Kier molecular flexibility index (Phi) is 5.03. The van der Waals surface area contributed by atoms with Gasteiger partial charge in [-0.2, -0.15) is 0 Å². The smallest absolute Gasteiger partial charge is 0.187 e. The van der Waals surface area contributed by atoms with Crippen molar-refractivity contribution in [1.29, 1.82) is 0 Å². The Labute approximate surface area is 115 Å². The zero-order valence-electron chi connectivity index (χ0n) is 10.6. The molecule has 112 valence electrons. The van der Waals surface area contributed by atoms with E-state index in [4.69, 9.17) is 14.6 Å². The van der Waals surface area contributed by atoms with E-state index < -0.39 is 37.3 Å². The minimum atomic E-state index is -1.47. The summed E-state index contributed by atoms with van der Waals surface area (Å²) in [7, 11) is 0. The van der Waals surface area contributed by atoms with Gasteiger partial charge >= 0.3 is 0 Å². The molecule has 5 atom stereocenters. The Bertz CT molecular complexity index is 423. The highest BCUT2D eigenvalue weighted by Crippen LogP contribution is 2.22. The van der Waals surface area contributed by atoms with Gasteiger partial charge in [0.1, 0.15) is 30.2 Å². The third-order valence-corrected chi connectivity index (χ3v) is 3.18. The van der Waals surface area contributed by atoms with Crippen molar-refractivity contribution in [3.05, 3.63) is 35.6 Å². The second kappa shape index (κ2) is 6.57. The number of hydrogen-bond acceptors (Lipinski definition) is 6. The molecule has 1 aliphatic heterocycles. The van der Waals surface area contributed by atoms with E-state index in [1.165, 1.54) is 24.3 Å². The van der Waals surface area contributed by atoms with Crippen molar-refractivity contribution in [3.8, 4) is 0 Å². The second-order valence-corrected chi connectivity index (χ2v) is 4.63. The van der Waals surface area contributed by atoms with Gasteiger partial charge in [-0.15, -0.1) is 0 Å². The molecule has 0 radical (unpaired) electrons. The first-order valence-electron chi connectivity index (χ1n) is 6.19. The SMILES string of the molecule is OC[C@H]1O[C@@H](OCc2ccc(F)cc2)[C@H](O)[C@@H](O)[C@@H]1O. The maximum atomic E-state index is 12.7. The van der Waals surface area contributed by atoms with E-state index in [1.54, 1.807) is 0 Å². The molecule has 1 aromatic carbocycles. The van der Waals surface area contributed by atoms with E-state index in [0.717, 1.165) is 0 Å². The summed E-state index contributed by atoms with van der Waals surface area (Å²) in [6.45, 7) is -0.482. The van der Waals surface area contributed by atoms with E-state index in [1.807, 2.05) is 0 Å². The van der Waals surface area contributed by atoms with Crippen LogP contribution in [0.2, 0.25) is 0 Å². The summed E-state index contributed by atoms with van der Waals surface area (Å²) in [6, 6.07) is 5.57. The Balaban J connectivity index is 1.95. The van der Waals surface area contributed by atoms with Crippen LogP contribution in [0, 0.1) is 5.82 Å². The molecule has 6 nitrogen and oxygen atoms in total. The van der Waals surface area contributed by atoms with Crippen molar-refractivity contribution >= 4 is 0 Å². The zero-order valence-corrected chi connectivity index (χ0v) is 10.6. The van der Waals surface area contributed by atoms with Crippen LogP contribution < -0.4 is 0 Å². The Morgan fingerprint density at radius 2 is 1.70 bits per heavy atom. The molecule has 0 saturated carbocycles. The molecule has 7 heteroatoms. The Hall–Kier alpha value is -1.09. The van der Waals surface area contributed by atoms with Crippen LogP contribution in [-0.4, -0.2) is 57.7 Å². The molecule has 4 N–H and O–H groups in total. The van der Waals surface area contributed by atoms with Crippen molar-refractivity contribution in [1.82, 2.24) is 0 Å². The number of ether oxygens (including phenoxy) is 2. The largest absolute Gasteiger partial charge is 0.394 e. The highest BCUT2D eigenvalue weighted by atomic mass is 19.1. The minimum Gasteiger partial charge on any atom is -0.394 e. The first-order valence-corrected chi connectivity index (χ1v) is 6.19. The summed E-state index contributed by atoms with van der Waals surface area (Å²) in [4.78, 5) is 0. The van der Waals surface area contributed by atoms with Gasteiger partial charge in [0.25, 0.3) is 0 Å². The standard InChI is InChI=1S/C13H17FO6/c14-8-3-1-7(2-4-8)6-19-13-12(18)11(17)10(16)9(5-15)20-13/h1-4,9-13,15-18H,5-6H2/t9-,10-,11+,12-,13-/m1/s1. The van der Waals surface area contributed by atoms with Crippen molar-refractivity contribution in [3.63, 3.8) is 0 Å². The van der Waals surface area contributed by atoms with Crippen molar-refractivity contribution in [2.24, 2.45) is 0 Å². The monoisotopic (exact) mass is 288 g/mol. The van der Waals surface area contributed by atoms with E-state index in [9.17, 15) is 19.7 Å². The van der Waals surface area contributed by atoms with Crippen LogP contribution in [0.1, 0.15) is 5.56 Å². The first kappa shape index (κ1) is 15.3. The molecule has 0 amide bonds. The van der Waals surface area contributed by atoms with Gasteiger partial charge in [-0.3, -0.25) is 0 Å². The van der Waals surface area contributed by atoms with E-state index >= 15 is 0 Å². The molecule has 0 aliphatic carbocycles. The molecule has 1 saturated heterocycles. The number of rotatable bonds is 4. The van der Waals surface area contributed by atoms with Crippen LogP contribution in [0.3, 0.4) is 0 Å². The average molecular weight is 288 g/mol. The van der Waals surface area contributed by atoms with Crippen LogP contribution in [0.5, 0.6) is 0 Å². The van der Waals surface area contributed by atoms with Gasteiger partial charge in [0.05, 0.1) is 13.2 Å². The second-order valence-electron chi connectivity index (χ2n) is 4.63. The molecule has 1 fully saturated rings. The predicted octanol–water partition coefficient (Wildman–Crippen LogP) is -0.858. The van der Waals surface area contributed by atoms with Gasteiger partial charge < -0.3 is 29.9 Å². The normalized spacial score (nSPS) is 34.1. The summed E-state index contributed by atoms with van der Waals surface area (Å²) in [5, 5.41) is 37.9. The van der Waals surface area contributed by atoms with Gasteiger partial charge in [0, 0.05) is 0 Å². The number of halogens is 1. The highest BCUT2D eigenvalue weighted by molar-refractivity contribution is 5.15. The fraction of sp³-hybridized carbons (Fsp3) is 0.538. The number of aliphatic hydroxyl groups excluding tert-OH is 4.